The van der Waals surface area contributed by atoms with Crippen LogP contribution in [0.5, 0.6) is 0 Å². The highest BCUT2D eigenvalue weighted by molar-refractivity contribution is 6.01. The summed E-state index contributed by atoms with van der Waals surface area (Å²) in [4.78, 5) is 36.1. The van der Waals surface area contributed by atoms with Crippen LogP contribution in [0.25, 0.3) is 0 Å². The van der Waals surface area contributed by atoms with Crippen LogP contribution >= 0.6 is 0 Å². The summed E-state index contributed by atoms with van der Waals surface area (Å²) in [5.74, 6) is 3.60. The highest BCUT2D eigenvalue weighted by Crippen LogP contribution is 2.18. The highest BCUT2D eigenvalue weighted by Gasteiger charge is 2.18. The van der Waals surface area contributed by atoms with Gasteiger partial charge in [-0.25, -0.2) is 0 Å². The van der Waals surface area contributed by atoms with Crippen LogP contribution in [0.4, 0.5) is 11.5 Å². The number of nitrogens with one attached hydrogen (secondary N) is 3. The van der Waals surface area contributed by atoms with Gasteiger partial charge in [0, 0.05) is 7.05 Å². The Labute approximate surface area is 107 Å². The van der Waals surface area contributed by atoms with E-state index in [0.29, 0.717) is 0 Å². The molecule has 0 spiro atoms. The molecule has 10 nitrogen and oxygen atoms in total. The SMILES string of the molecule is CNC(=O)CNC(=O)c1cc([N+](=O)[O-])ncc1NN. The molecule has 0 saturated heterocycles. The second kappa shape index (κ2) is 6.26. The molecule has 0 bridgehead atoms. The molecular weight excluding hydrogens is 256 g/mol. The summed E-state index contributed by atoms with van der Waals surface area (Å²) in [5.41, 5.74) is 2.23. The van der Waals surface area contributed by atoms with Crippen LogP contribution in [-0.2, 0) is 4.79 Å². The number of amides is 2. The molecule has 0 fully saturated rings. The van der Waals surface area contributed by atoms with Gasteiger partial charge in [0.25, 0.3) is 5.91 Å². The predicted octanol–water partition coefficient (Wildman–Crippen LogP) is -1.25. The number of nitrogens with zero attached hydrogens (tertiary/aromatic N) is 2. The summed E-state index contributed by atoms with van der Waals surface area (Å²) in [5, 5.41) is 15.2. The number of carbonyl (C=O) groups excluding carboxylic acids is 2. The maximum Gasteiger partial charge on any atom is 0.364 e. The van der Waals surface area contributed by atoms with Gasteiger partial charge in [0.05, 0.1) is 18.2 Å². The molecule has 19 heavy (non-hydrogen) atoms. The summed E-state index contributed by atoms with van der Waals surface area (Å²) >= 11 is 0. The molecule has 102 valence electrons. The molecule has 0 aliphatic heterocycles. The van der Waals surface area contributed by atoms with Gasteiger partial charge >= 0.3 is 5.82 Å². The molecule has 0 aliphatic carbocycles. The number of hydrazine groups is 1. The van der Waals surface area contributed by atoms with Crippen molar-refractivity contribution < 1.29 is 14.5 Å². The van der Waals surface area contributed by atoms with Crippen LogP contribution in [0, 0.1) is 10.1 Å². The topological polar surface area (TPSA) is 152 Å². The number of nitro groups is 1. The number of likely N-dealkylation sites (N-methyl/N-ethyl adjacent to an activating group) is 1. The molecule has 0 atom stereocenters. The van der Waals surface area contributed by atoms with E-state index < -0.39 is 22.6 Å². The summed E-state index contributed by atoms with van der Waals surface area (Å²) in [6.45, 7) is -0.254. The van der Waals surface area contributed by atoms with Crippen molar-refractivity contribution in [1.29, 1.82) is 0 Å². The summed E-state index contributed by atoms with van der Waals surface area (Å²) < 4.78 is 0. The molecule has 1 aromatic heterocycles. The minimum Gasteiger partial charge on any atom is -0.358 e. The highest BCUT2D eigenvalue weighted by atomic mass is 16.6. The molecule has 0 radical (unpaired) electrons. The first kappa shape index (κ1) is 14.3. The molecule has 0 aromatic carbocycles. The van der Waals surface area contributed by atoms with E-state index in [1.165, 1.54) is 7.05 Å². The van der Waals surface area contributed by atoms with E-state index in [9.17, 15) is 19.7 Å². The maximum absolute atomic E-state index is 11.8. The lowest BCUT2D eigenvalue weighted by molar-refractivity contribution is -0.389. The van der Waals surface area contributed by atoms with E-state index in [1.54, 1.807) is 0 Å². The molecule has 1 aromatic rings. The molecular formula is C9H12N6O4. The zero-order valence-electron chi connectivity index (χ0n) is 9.97. The standard InChI is InChI=1S/C9H12N6O4/c1-11-8(16)4-13-9(17)5-2-7(15(18)19)12-3-6(5)14-10/h2-3,14H,4,10H2,1H3,(H,11,16)(H,13,17). The molecule has 0 saturated carbocycles. The van der Waals surface area contributed by atoms with Gasteiger partial charge in [-0.15, -0.1) is 0 Å². The molecule has 10 heteroatoms. The fraction of sp³-hybridized carbons (Fsp3) is 0.222. The Morgan fingerprint density at radius 1 is 1.53 bits per heavy atom. The normalized spacial score (nSPS) is 9.58. The van der Waals surface area contributed by atoms with E-state index in [2.05, 4.69) is 21.0 Å². The Morgan fingerprint density at radius 2 is 2.21 bits per heavy atom. The van der Waals surface area contributed by atoms with Crippen LogP contribution in [0.3, 0.4) is 0 Å². The Kier molecular flexibility index (Phi) is 4.71. The van der Waals surface area contributed by atoms with Crippen molar-refractivity contribution in [3.63, 3.8) is 0 Å². The van der Waals surface area contributed by atoms with E-state index in [4.69, 9.17) is 5.84 Å². The second-order valence-electron chi connectivity index (χ2n) is 3.35. The molecule has 1 rings (SSSR count). The van der Waals surface area contributed by atoms with Gasteiger partial charge in [-0.2, -0.15) is 0 Å². The number of nitrogen functional groups attached to an aromatic ring is 1. The fourth-order valence-corrected chi connectivity index (χ4v) is 1.19. The van der Waals surface area contributed by atoms with E-state index >= 15 is 0 Å². The smallest absolute Gasteiger partial charge is 0.358 e. The van der Waals surface area contributed by atoms with Crippen molar-refractivity contribution >= 4 is 23.3 Å². The van der Waals surface area contributed by atoms with Crippen molar-refractivity contribution in [2.75, 3.05) is 19.0 Å². The Balaban J connectivity index is 2.96. The van der Waals surface area contributed by atoms with E-state index in [-0.39, 0.29) is 17.8 Å². The summed E-state index contributed by atoms with van der Waals surface area (Å²) in [6, 6.07) is 0.967. The van der Waals surface area contributed by atoms with Gasteiger partial charge in [-0.3, -0.25) is 15.4 Å². The van der Waals surface area contributed by atoms with Crippen molar-refractivity contribution in [2.24, 2.45) is 5.84 Å². The Hall–Kier alpha value is -2.75. The number of anilines is 1. The first-order valence-corrected chi connectivity index (χ1v) is 5.09. The first-order valence-electron chi connectivity index (χ1n) is 5.09. The average molecular weight is 268 g/mol. The number of rotatable bonds is 5. The lowest BCUT2D eigenvalue weighted by Gasteiger charge is -2.07. The number of hydrogen-bond acceptors (Lipinski definition) is 7. The Bertz CT molecular complexity index is 517. The molecule has 0 aliphatic rings. The van der Waals surface area contributed by atoms with Crippen molar-refractivity contribution in [3.05, 3.63) is 27.9 Å². The van der Waals surface area contributed by atoms with E-state index in [0.717, 1.165) is 12.3 Å². The average Bonchev–Trinajstić information content (AvgIpc) is 2.43. The summed E-state index contributed by atoms with van der Waals surface area (Å²) in [6.07, 6.45) is 1.06. The lowest BCUT2D eigenvalue weighted by Crippen LogP contribution is -2.35. The number of pyridine rings is 1. The molecule has 0 unspecified atom stereocenters. The number of carbonyl (C=O) groups is 2. The van der Waals surface area contributed by atoms with Crippen LogP contribution in [-0.4, -0.2) is 35.3 Å². The quantitative estimate of drug-likeness (QED) is 0.295. The van der Waals surface area contributed by atoms with Crippen molar-refractivity contribution in [1.82, 2.24) is 15.6 Å². The lowest BCUT2D eigenvalue weighted by atomic mass is 10.2. The second-order valence-corrected chi connectivity index (χ2v) is 3.35. The van der Waals surface area contributed by atoms with Crippen LogP contribution in [0.15, 0.2) is 12.3 Å². The fourth-order valence-electron chi connectivity index (χ4n) is 1.19. The van der Waals surface area contributed by atoms with Gasteiger partial charge in [-0.1, -0.05) is 0 Å². The van der Waals surface area contributed by atoms with E-state index in [1.807, 2.05) is 0 Å². The van der Waals surface area contributed by atoms with Crippen molar-refractivity contribution in [3.8, 4) is 0 Å². The van der Waals surface area contributed by atoms with Gasteiger partial charge < -0.3 is 26.2 Å². The molecule has 5 N–H and O–H groups in total. The number of aromatic nitrogens is 1. The number of hydrogen-bond donors (Lipinski definition) is 4. The first-order chi connectivity index (χ1) is 8.99. The summed E-state index contributed by atoms with van der Waals surface area (Å²) in [7, 11) is 1.42. The largest absolute Gasteiger partial charge is 0.364 e. The third kappa shape index (κ3) is 3.61. The predicted molar refractivity (Wildman–Crippen MR) is 65.1 cm³/mol. The third-order valence-electron chi connectivity index (χ3n) is 2.17. The zero-order valence-corrected chi connectivity index (χ0v) is 9.97. The maximum atomic E-state index is 11.8. The van der Waals surface area contributed by atoms with Crippen LogP contribution in [0.1, 0.15) is 10.4 Å². The van der Waals surface area contributed by atoms with Crippen LogP contribution in [0.2, 0.25) is 0 Å². The minimum atomic E-state index is -0.740. The monoisotopic (exact) mass is 268 g/mol. The van der Waals surface area contributed by atoms with Crippen molar-refractivity contribution in [2.45, 2.75) is 0 Å². The van der Waals surface area contributed by atoms with Gasteiger partial charge in [-0.05, 0) is 9.91 Å². The number of nitrogens with two attached hydrogens (primary N) is 1. The molecule has 1 heterocycles. The van der Waals surface area contributed by atoms with Gasteiger partial charge in [0.15, 0.2) is 6.20 Å². The zero-order chi connectivity index (χ0) is 14.4. The van der Waals surface area contributed by atoms with Gasteiger partial charge in [0.2, 0.25) is 5.91 Å². The minimum absolute atomic E-state index is 0.0758. The Morgan fingerprint density at radius 3 is 2.74 bits per heavy atom. The molecule has 2 amide bonds. The van der Waals surface area contributed by atoms with Crippen LogP contribution < -0.4 is 21.9 Å². The third-order valence-corrected chi connectivity index (χ3v) is 2.17. The van der Waals surface area contributed by atoms with Gasteiger partial charge in [0.1, 0.15) is 5.69 Å².